The van der Waals surface area contributed by atoms with Crippen molar-refractivity contribution in [3.63, 3.8) is 0 Å². The highest BCUT2D eigenvalue weighted by molar-refractivity contribution is 7.89. The van der Waals surface area contributed by atoms with Crippen molar-refractivity contribution < 1.29 is 23.1 Å². The van der Waals surface area contributed by atoms with Crippen molar-refractivity contribution in [2.24, 2.45) is 5.41 Å². The fourth-order valence-corrected chi connectivity index (χ4v) is 3.97. The lowest BCUT2D eigenvalue weighted by Gasteiger charge is -2.25. The van der Waals surface area contributed by atoms with E-state index in [4.69, 9.17) is 0 Å². The molecular weight excluding hydrogens is 314 g/mol. The number of nitrogens with one attached hydrogen (secondary N) is 1. The van der Waals surface area contributed by atoms with Crippen LogP contribution in [0.15, 0.2) is 16.3 Å². The highest BCUT2D eigenvalue weighted by Gasteiger charge is 2.26. The maximum atomic E-state index is 12.2. The number of esters is 1. The second-order valence-corrected chi connectivity index (χ2v) is 8.33. The first-order valence-corrected chi connectivity index (χ1v) is 8.79. The van der Waals surface area contributed by atoms with Gasteiger partial charge in [0.2, 0.25) is 10.0 Å². The van der Waals surface area contributed by atoms with Gasteiger partial charge < -0.3 is 9.84 Å². The lowest BCUT2D eigenvalue weighted by atomic mass is 9.87. The highest BCUT2D eigenvalue weighted by atomic mass is 32.2. The number of rotatable bonds is 6. The van der Waals surface area contributed by atoms with Crippen LogP contribution < -0.4 is 4.72 Å². The Kier molecular flexibility index (Phi) is 5.92. The fourth-order valence-electron chi connectivity index (χ4n) is 1.59. The molecule has 8 heteroatoms. The molecule has 2 N–H and O–H groups in total. The van der Waals surface area contributed by atoms with Crippen LogP contribution in [0.25, 0.3) is 0 Å². The van der Waals surface area contributed by atoms with Crippen molar-refractivity contribution in [1.82, 2.24) is 4.72 Å². The Morgan fingerprint density at radius 3 is 2.62 bits per heavy atom. The Morgan fingerprint density at radius 1 is 1.48 bits per heavy atom. The van der Waals surface area contributed by atoms with E-state index in [-0.39, 0.29) is 21.7 Å². The van der Waals surface area contributed by atoms with Crippen molar-refractivity contribution >= 4 is 27.3 Å². The summed E-state index contributed by atoms with van der Waals surface area (Å²) in [4.78, 5) is 11.5. The maximum absolute atomic E-state index is 12.2. The van der Waals surface area contributed by atoms with Crippen molar-refractivity contribution in [2.75, 3.05) is 13.7 Å². The molecule has 1 unspecified atom stereocenters. The van der Waals surface area contributed by atoms with E-state index in [2.05, 4.69) is 9.46 Å². The first kappa shape index (κ1) is 18.1. The predicted molar refractivity (Wildman–Crippen MR) is 80.9 cm³/mol. The van der Waals surface area contributed by atoms with Gasteiger partial charge in [-0.15, -0.1) is 11.3 Å². The number of carbonyl (C=O) groups is 1. The van der Waals surface area contributed by atoms with Gasteiger partial charge in [0.15, 0.2) is 0 Å². The summed E-state index contributed by atoms with van der Waals surface area (Å²) in [6.45, 7) is 5.72. The van der Waals surface area contributed by atoms with E-state index in [1.165, 1.54) is 18.6 Å². The van der Waals surface area contributed by atoms with E-state index < -0.39 is 22.1 Å². The minimum atomic E-state index is -3.80. The van der Waals surface area contributed by atoms with Gasteiger partial charge in [-0.1, -0.05) is 20.8 Å². The molecule has 1 aromatic rings. The van der Waals surface area contributed by atoms with Crippen molar-refractivity contribution in [3.05, 3.63) is 16.3 Å². The van der Waals surface area contributed by atoms with E-state index in [1.807, 2.05) is 20.8 Å². The molecule has 1 atom stereocenters. The highest BCUT2D eigenvalue weighted by Crippen LogP contribution is 2.24. The van der Waals surface area contributed by atoms with E-state index >= 15 is 0 Å². The molecule has 0 aromatic carbocycles. The molecule has 120 valence electrons. The average molecular weight is 335 g/mol. The Balaban J connectivity index is 2.75. The molecule has 0 fully saturated rings. The molecule has 1 aromatic heterocycles. The minimum absolute atomic E-state index is 0.0429. The second kappa shape index (κ2) is 6.87. The first-order chi connectivity index (χ1) is 9.59. The number of methoxy groups -OCH3 is 1. The molecule has 0 aliphatic heterocycles. The van der Waals surface area contributed by atoms with Crippen LogP contribution in [-0.4, -0.2) is 39.3 Å². The molecule has 1 rings (SSSR count). The van der Waals surface area contributed by atoms with Crippen LogP contribution in [0.5, 0.6) is 0 Å². The zero-order chi connectivity index (χ0) is 16.3. The first-order valence-electron chi connectivity index (χ1n) is 6.43. The standard InChI is InChI=1S/C13H21NO5S2/c1-13(2,3)10(15)5-7-14-21(17,18)9-6-8-20-11(9)12(16)19-4/h6,8,10,14-15H,5,7H2,1-4H3. The van der Waals surface area contributed by atoms with Gasteiger partial charge in [0.05, 0.1) is 13.2 Å². The molecule has 0 radical (unpaired) electrons. The predicted octanol–water partition coefficient (Wildman–Crippen LogP) is 1.61. The van der Waals surface area contributed by atoms with Crippen molar-refractivity contribution in [2.45, 2.75) is 38.2 Å². The lowest BCUT2D eigenvalue weighted by molar-refractivity contribution is 0.0570. The number of ether oxygens (including phenoxy) is 1. The third kappa shape index (κ3) is 4.77. The molecule has 0 bridgehead atoms. The molecular formula is C13H21NO5S2. The van der Waals surface area contributed by atoms with Crippen LogP contribution in [0.3, 0.4) is 0 Å². The fraction of sp³-hybridized carbons (Fsp3) is 0.615. The van der Waals surface area contributed by atoms with Gasteiger partial charge in [-0.3, -0.25) is 0 Å². The van der Waals surface area contributed by atoms with E-state index in [1.54, 1.807) is 0 Å². The SMILES string of the molecule is COC(=O)c1sccc1S(=O)(=O)NCCC(O)C(C)(C)C. The molecule has 0 saturated carbocycles. The molecule has 6 nitrogen and oxygen atoms in total. The normalized spacial score (nSPS) is 14.0. The van der Waals surface area contributed by atoms with Crippen LogP contribution in [0.2, 0.25) is 0 Å². The van der Waals surface area contributed by atoms with Crippen LogP contribution in [0.1, 0.15) is 36.9 Å². The summed E-state index contributed by atoms with van der Waals surface area (Å²) in [5.74, 6) is -0.680. The van der Waals surface area contributed by atoms with E-state index in [9.17, 15) is 18.3 Å². The van der Waals surface area contributed by atoms with E-state index in [0.29, 0.717) is 6.42 Å². The summed E-state index contributed by atoms with van der Waals surface area (Å²) in [6, 6.07) is 1.36. The van der Waals surface area contributed by atoms with Crippen LogP contribution in [0.4, 0.5) is 0 Å². The van der Waals surface area contributed by atoms with Gasteiger partial charge >= 0.3 is 5.97 Å². The summed E-state index contributed by atoms with van der Waals surface area (Å²) < 4.78 is 31.3. The van der Waals surface area contributed by atoms with Gasteiger partial charge in [-0.05, 0) is 23.3 Å². The lowest BCUT2D eigenvalue weighted by Crippen LogP contribution is -2.33. The zero-order valence-corrected chi connectivity index (χ0v) is 14.2. The van der Waals surface area contributed by atoms with Gasteiger partial charge in [0.25, 0.3) is 0 Å². The number of carbonyl (C=O) groups excluding carboxylic acids is 1. The largest absolute Gasteiger partial charge is 0.465 e. The quantitative estimate of drug-likeness (QED) is 0.771. The van der Waals surface area contributed by atoms with Gasteiger partial charge in [0, 0.05) is 6.54 Å². The summed E-state index contributed by atoms with van der Waals surface area (Å²) in [5.41, 5.74) is -0.314. The van der Waals surface area contributed by atoms with Crippen molar-refractivity contribution in [1.29, 1.82) is 0 Å². The number of hydrogen-bond acceptors (Lipinski definition) is 6. The van der Waals surface area contributed by atoms with Gasteiger partial charge in [-0.2, -0.15) is 0 Å². The number of sulfonamides is 1. The Morgan fingerprint density at radius 2 is 2.10 bits per heavy atom. The molecule has 0 saturated heterocycles. The third-order valence-corrected chi connectivity index (χ3v) is 5.53. The van der Waals surface area contributed by atoms with E-state index in [0.717, 1.165) is 11.3 Å². The Hall–Kier alpha value is -0.960. The Labute approximate surface area is 129 Å². The maximum Gasteiger partial charge on any atom is 0.349 e. The van der Waals surface area contributed by atoms with Gasteiger partial charge in [-0.25, -0.2) is 17.9 Å². The van der Waals surface area contributed by atoms with Crippen LogP contribution >= 0.6 is 11.3 Å². The number of aliphatic hydroxyl groups excluding tert-OH is 1. The monoisotopic (exact) mass is 335 g/mol. The molecule has 0 amide bonds. The molecule has 0 spiro atoms. The third-order valence-electron chi connectivity index (χ3n) is 3.00. The second-order valence-electron chi connectivity index (χ2n) is 5.67. The molecule has 0 aliphatic carbocycles. The summed E-state index contributed by atoms with van der Waals surface area (Å²) in [6.07, 6.45) is -0.330. The average Bonchev–Trinajstić information content (AvgIpc) is 2.86. The number of aliphatic hydroxyl groups is 1. The smallest absolute Gasteiger partial charge is 0.349 e. The Bertz CT molecular complexity index is 586. The van der Waals surface area contributed by atoms with Crippen LogP contribution in [-0.2, 0) is 14.8 Å². The molecule has 21 heavy (non-hydrogen) atoms. The number of hydrogen-bond donors (Lipinski definition) is 2. The number of thiophene rings is 1. The zero-order valence-electron chi connectivity index (χ0n) is 12.5. The summed E-state index contributed by atoms with van der Waals surface area (Å²) in [7, 11) is -2.60. The van der Waals surface area contributed by atoms with Crippen LogP contribution in [0, 0.1) is 5.41 Å². The topological polar surface area (TPSA) is 92.7 Å². The van der Waals surface area contributed by atoms with Crippen molar-refractivity contribution in [3.8, 4) is 0 Å². The van der Waals surface area contributed by atoms with Gasteiger partial charge in [0.1, 0.15) is 9.77 Å². The summed E-state index contributed by atoms with van der Waals surface area (Å²) in [5, 5.41) is 11.4. The molecule has 0 aliphatic rings. The minimum Gasteiger partial charge on any atom is -0.465 e. The summed E-state index contributed by atoms with van der Waals surface area (Å²) >= 11 is 1.01. The molecule has 1 heterocycles.